The van der Waals surface area contributed by atoms with Crippen LogP contribution in [0.2, 0.25) is 6.82 Å². The highest BCUT2D eigenvalue weighted by Gasteiger charge is 2.31. The molecule has 0 atom stereocenters. The van der Waals surface area contributed by atoms with E-state index in [1.807, 2.05) is 23.9 Å². The van der Waals surface area contributed by atoms with Gasteiger partial charge in [0.05, 0.1) is 5.56 Å². The average Bonchev–Trinajstić information content (AvgIpc) is 2.66. The van der Waals surface area contributed by atoms with Crippen LogP contribution in [-0.2, 0) is 0 Å². The number of benzene rings is 2. The number of aromatic nitrogens is 1. The third kappa shape index (κ3) is 3.76. The van der Waals surface area contributed by atoms with Gasteiger partial charge in [0.15, 0.2) is 0 Å². The Morgan fingerprint density at radius 2 is 2.13 bits per heavy atom. The number of carbonyl (C=O) groups excluding carboxylic acids is 1. The molecule has 8 heteroatoms. The Bertz CT molecular complexity index is 1100. The number of nitrogens with zero attached hydrogens (tertiary/aromatic N) is 2. The maximum absolute atomic E-state index is 14.4. The maximum atomic E-state index is 14.4. The van der Waals surface area contributed by atoms with E-state index in [1.165, 1.54) is 6.07 Å². The van der Waals surface area contributed by atoms with Gasteiger partial charge in [0.1, 0.15) is 11.6 Å². The van der Waals surface area contributed by atoms with Crippen molar-refractivity contribution in [3.63, 3.8) is 0 Å². The third-order valence-electron chi connectivity index (χ3n) is 5.72. The van der Waals surface area contributed by atoms with Crippen LogP contribution in [0.1, 0.15) is 15.9 Å². The lowest BCUT2D eigenvalue weighted by atomic mass is 9.78. The number of carbonyl (C=O) groups is 1. The number of halogens is 1. The Hall–Kier alpha value is -2.97. The standard InChI is InChI=1S/C22H24BFN4O2/c1-13-4-3-5-18(24)19(13)15-6-7-17-16(8-15)10-26-21(25)20(17)22(29)27-9-14-11-28(12-14)23(2)30/h3-8,10,14,30H,9,11-12H2,1-2H3,(H2,25,26)(H,27,29). The minimum atomic E-state index is -0.470. The molecule has 6 nitrogen and oxygen atoms in total. The fourth-order valence-electron chi connectivity index (χ4n) is 4.00. The number of hydrogen-bond acceptors (Lipinski definition) is 5. The number of anilines is 1. The topological polar surface area (TPSA) is 91.5 Å². The van der Waals surface area contributed by atoms with Crippen LogP contribution in [0.4, 0.5) is 10.2 Å². The van der Waals surface area contributed by atoms with Crippen molar-refractivity contribution in [1.29, 1.82) is 0 Å². The summed E-state index contributed by atoms with van der Waals surface area (Å²) in [5.41, 5.74) is 8.45. The fraction of sp³-hybridized carbons (Fsp3) is 0.273. The molecule has 0 radical (unpaired) electrons. The monoisotopic (exact) mass is 406 g/mol. The molecule has 3 aromatic rings. The van der Waals surface area contributed by atoms with Gasteiger partial charge in [-0.15, -0.1) is 0 Å². The summed E-state index contributed by atoms with van der Waals surface area (Å²) in [6, 6.07) is 10.4. The highest BCUT2D eigenvalue weighted by molar-refractivity contribution is 6.45. The highest BCUT2D eigenvalue weighted by Crippen LogP contribution is 2.31. The average molecular weight is 406 g/mol. The molecule has 1 aliphatic rings. The van der Waals surface area contributed by atoms with E-state index >= 15 is 0 Å². The van der Waals surface area contributed by atoms with Gasteiger partial charge in [0.2, 0.25) is 0 Å². The smallest absolute Gasteiger partial charge is 0.376 e. The van der Waals surface area contributed by atoms with E-state index in [0.717, 1.165) is 29.6 Å². The first kappa shape index (κ1) is 20.3. The zero-order valence-electron chi connectivity index (χ0n) is 17.0. The van der Waals surface area contributed by atoms with Crippen molar-refractivity contribution in [1.82, 2.24) is 15.1 Å². The Kier molecular flexibility index (Phi) is 5.45. The van der Waals surface area contributed by atoms with Gasteiger partial charge in [-0.1, -0.05) is 24.3 Å². The van der Waals surface area contributed by atoms with Crippen LogP contribution in [0.5, 0.6) is 0 Å². The maximum Gasteiger partial charge on any atom is 0.376 e. The Morgan fingerprint density at radius 1 is 1.37 bits per heavy atom. The molecule has 1 fully saturated rings. The summed E-state index contributed by atoms with van der Waals surface area (Å²) >= 11 is 0. The second-order valence-electron chi connectivity index (χ2n) is 7.91. The fourth-order valence-corrected chi connectivity index (χ4v) is 4.00. The molecule has 0 aliphatic carbocycles. The van der Waals surface area contributed by atoms with Gasteiger partial charge < -0.3 is 20.9 Å². The molecule has 4 rings (SSSR count). The number of pyridine rings is 1. The van der Waals surface area contributed by atoms with E-state index in [1.54, 1.807) is 31.2 Å². The van der Waals surface area contributed by atoms with Gasteiger partial charge in [0, 0.05) is 23.7 Å². The molecule has 0 saturated carbocycles. The summed E-state index contributed by atoms with van der Waals surface area (Å²) < 4.78 is 14.4. The van der Waals surface area contributed by atoms with Crippen LogP contribution in [0.3, 0.4) is 0 Å². The number of fused-ring (bicyclic) bond motifs is 1. The number of nitrogens with two attached hydrogens (primary N) is 1. The summed E-state index contributed by atoms with van der Waals surface area (Å²) in [5, 5.41) is 13.9. The summed E-state index contributed by atoms with van der Waals surface area (Å²) in [6.45, 7) is 5.58. The van der Waals surface area contributed by atoms with E-state index in [4.69, 9.17) is 5.73 Å². The van der Waals surface area contributed by atoms with Crippen LogP contribution in [0, 0.1) is 18.7 Å². The number of rotatable bonds is 5. The first-order valence-electron chi connectivity index (χ1n) is 9.99. The predicted molar refractivity (Wildman–Crippen MR) is 118 cm³/mol. The van der Waals surface area contributed by atoms with Crippen LogP contribution < -0.4 is 11.1 Å². The van der Waals surface area contributed by atoms with Gasteiger partial charge in [-0.05, 0) is 61.4 Å². The zero-order valence-corrected chi connectivity index (χ0v) is 17.0. The Balaban J connectivity index is 1.59. The van der Waals surface area contributed by atoms with Crippen molar-refractivity contribution < 1.29 is 14.2 Å². The Labute approximate surface area is 175 Å². The molecule has 0 bridgehead atoms. The normalized spacial score (nSPS) is 14.5. The molecule has 1 saturated heterocycles. The van der Waals surface area contributed by atoms with Crippen LogP contribution in [0.25, 0.3) is 21.9 Å². The molecule has 30 heavy (non-hydrogen) atoms. The minimum Gasteiger partial charge on any atom is -0.437 e. The Morgan fingerprint density at radius 3 is 2.83 bits per heavy atom. The molecule has 2 heterocycles. The summed E-state index contributed by atoms with van der Waals surface area (Å²) in [5.74, 6) is -0.115. The van der Waals surface area contributed by atoms with Crippen molar-refractivity contribution in [2.45, 2.75) is 13.7 Å². The lowest BCUT2D eigenvalue weighted by molar-refractivity contribution is 0.0926. The van der Waals surface area contributed by atoms with Crippen molar-refractivity contribution in [2.75, 3.05) is 25.4 Å². The van der Waals surface area contributed by atoms with Gasteiger partial charge in [-0.3, -0.25) is 4.79 Å². The van der Waals surface area contributed by atoms with Crippen molar-refractivity contribution >= 4 is 29.5 Å². The molecule has 0 spiro atoms. The second-order valence-corrected chi connectivity index (χ2v) is 7.91. The van der Waals surface area contributed by atoms with Crippen molar-refractivity contribution in [2.24, 2.45) is 5.92 Å². The van der Waals surface area contributed by atoms with E-state index in [9.17, 15) is 14.2 Å². The highest BCUT2D eigenvalue weighted by atomic mass is 19.1. The molecular weight excluding hydrogens is 382 g/mol. The van der Waals surface area contributed by atoms with Gasteiger partial charge in [0.25, 0.3) is 5.91 Å². The van der Waals surface area contributed by atoms with Crippen molar-refractivity contribution in [3.05, 3.63) is 59.5 Å². The lowest BCUT2D eigenvalue weighted by Gasteiger charge is -2.40. The summed E-state index contributed by atoms with van der Waals surface area (Å²) in [6.07, 6.45) is 1.60. The van der Waals surface area contributed by atoms with Crippen molar-refractivity contribution in [3.8, 4) is 11.1 Å². The SMILES string of the molecule is CB(O)N1CC(CNC(=O)c2c(N)ncc3cc(-c4c(C)cccc4F)ccc23)C1. The molecule has 154 valence electrons. The number of nitrogen functional groups attached to an aromatic ring is 1. The molecular formula is C22H24BFN4O2. The number of hydrogen-bond donors (Lipinski definition) is 3. The van der Waals surface area contributed by atoms with E-state index in [2.05, 4.69) is 10.3 Å². The van der Waals surface area contributed by atoms with Gasteiger partial charge in [-0.25, -0.2) is 9.37 Å². The van der Waals surface area contributed by atoms with Crippen LogP contribution >= 0.6 is 0 Å². The largest absolute Gasteiger partial charge is 0.437 e. The van der Waals surface area contributed by atoms with E-state index in [0.29, 0.717) is 29.0 Å². The molecule has 1 aromatic heterocycles. The molecule has 1 aliphatic heterocycles. The van der Waals surface area contributed by atoms with Gasteiger partial charge in [-0.2, -0.15) is 0 Å². The number of aryl methyl sites for hydroxylation is 1. The summed E-state index contributed by atoms with van der Waals surface area (Å²) in [7, 11) is -0.470. The van der Waals surface area contributed by atoms with E-state index in [-0.39, 0.29) is 17.5 Å². The number of nitrogens with one attached hydrogen (secondary N) is 1. The quantitative estimate of drug-likeness (QED) is 0.567. The van der Waals surface area contributed by atoms with Crippen LogP contribution in [-0.4, -0.2) is 47.4 Å². The second kappa shape index (κ2) is 8.05. The number of amides is 1. The lowest BCUT2D eigenvalue weighted by Crippen LogP contribution is -2.56. The third-order valence-corrected chi connectivity index (χ3v) is 5.72. The molecule has 0 unspecified atom stereocenters. The molecule has 1 amide bonds. The summed E-state index contributed by atoms with van der Waals surface area (Å²) in [4.78, 5) is 19.0. The van der Waals surface area contributed by atoms with Crippen LogP contribution in [0.15, 0.2) is 42.6 Å². The first-order chi connectivity index (χ1) is 14.3. The minimum absolute atomic E-state index is 0.161. The predicted octanol–water partition coefficient (Wildman–Crippen LogP) is 2.70. The van der Waals surface area contributed by atoms with E-state index < -0.39 is 7.05 Å². The zero-order chi connectivity index (χ0) is 21.4. The first-order valence-corrected chi connectivity index (χ1v) is 9.99. The molecule has 4 N–H and O–H groups in total. The van der Waals surface area contributed by atoms with Gasteiger partial charge >= 0.3 is 7.05 Å². The molecule has 2 aromatic carbocycles.